The molecule has 1 aromatic rings. The number of esters is 1. The molecule has 1 heterocycles. The van der Waals surface area contributed by atoms with E-state index in [1.54, 1.807) is 0 Å². The molecule has 2 rings (SSSR count). The average molecular weight is 297 g/mol. The highest BCUT2D eigenvalue weighted by atomic mass is 32.2. The second-order valence-corrected chi connectivity index (χ2v) is 6.84. The van der Waals surface area contributed by atoms with E-state index in [0.29, 0.717) is 11.3 Å². The molecule has 0 spiro atoms. The molecular formula is C15H20FNO2S. The molecule has 0 saturated carbocycles. The van der Waals surface area contributed by atoms with Gasteiger partial charge in [0.15, 0.2) is 0 Å². The summed E-state index contributed by atoms with van der Waals surface area (Å²) < 4.78 is 18.2. The summed E-state index contributed by atoms with van der Waals surface area (Å²) in [6, 6.07) is 4.30. The van der Waals surface area contributed by atoms with Crippen molar-refractivity contribution in [2.75, 3.05) is 23.9 Å². The van der Waals surface area contributed by atoms with Gasteiger partial charge in [0.25, 0.3) is 0 Å². The van der Waals surface area contributed by atoms with Crippen LogP contribution >= 0.6 is 11.8 Å². The number of anilines is 1. The Hall–Kier alpha value is -1.23. The highest BCUT2D eigenvalue weighted by Gasteiger charge is 2.33. The number of methoxy groups -OCH3 is 1. The first kappa shape index (κ1) is 15.2. The number of rotatable bonds is 3. The number of hydrogen-bond acceptors (Lipinski definition) is 4. The molecule has 0 aliphatic carbocycles. The molecule has 1 unspecified atom stereocenters. The number of benzene rings is 1. The number of hydrogen-bond donors (Lipinski definition) is 1. The van der Waals surface area contributed by atoms with Gasteiger partial charge < -0.3 is 10.1 Å². The van der Waals surface area contributed by atoms with Crippen molar-refractivity contribution >= 4 is 23.4 Å². The summed E-state index contributed by atoms with van der Waals surface area (Å²) in [5.74, 6) is 1.28. The number of ether oxygens (including phenoxy) is 1. The van der Waals surface area contributed by atoms with Crippen molar-refractivity contribution in [3.05, 3.63) is 29.6 Å². The molecule has 3 nitrogen and oxygen atoms in total. The molecule has 1 atom stereocenters. The first-order valence-electron chi connectivity index (χ1n) is 6.66. The first-order chi connectivity index (χ1) is 9.44. The number of carbonyl (C=O) groups is 1. The second-order valence-electron chi connectivity index (χ2n) is 5.69. The highest BCUT2D eigenvalue weighted by Crippen LogP contribution is 2.36. The quantitative estimate of drug-likeness (QED) is 0.866. The van der Waals surface area contributed by atoms with Gasteiger partial charge in [-0.15, -0.1) is 0 Å². The van der Waals surface area contributed by atoms with Crippen molar-refractivity contribution in [2.24, 2.45) is 5.41 Å². The fraction of sp³-hybridized carbons (Fsp3) is 0.533. The molecule has 1 aliphatic rings. The SMILES string of the molecule is COC(=O)c1ccc(F)cc1NC1CSCCC1(C)C. The molecule has 1 N–H and O–H groups in total. The van der Waals surface area contributed by atoms with Crippen LogP contribution in [0.15, 0.2) is 18.2 Å². The Labute approximate surface area is 123 Å². The maximum atomic E-state index is 13.5. The zero-order valence-electron chi connectivity index (χ0n) is 12.0. The largest absolute Gasteiger partial charge is 0.465 e. The maximum absolute atomic E-state index is 13.5. The minimum Gasteiger partial charge on any atom is -0.465 e. The van der Waals surface area contributed by atoms with E-state index in [4.69, 9.17) is 4.74 Å². The third kappa shape index (κ3) is 3.26. The summed E-state index contributed by atoms with van der Waals surface area (Å²) in [6.07, 6.45) is 1.10. The van der Waals surface area contributed by atoms with Crippen molar-refractivity contribution in [3.8, 4) is 0 Å². The van der Waals surface area contributed by atoms with E-state index in [1.807, 2.05) is 11.8 Å². The van der Waals surface area contributed by atoms with E-state index >= 15 is 0 Å². The fourth-order valence-electron chi connectivity index (χ4n) is 2.28. The molecule has 1 aromatic carbocycles. The fourth-order valence-corrected chi connectivity index (χ4v) is 3.89. The third-order valence-electron chi connectivity index (χ3n) is 3.84. The normalized spacial score (nSPS) is 21.3. The van der Waals surface area contributed by atoms with Gasteiger partial charge in [-0.1, -0.05) is 13.8 Å². The van der Waals surface area contributed by atoms with Gasteiger partial charge in [0.05, 0.1) is 18.4 Å². The minimum atomic E-state index is -0.450. The standard InChI is InChI=1S/C15H20FNO2S/c1-15(2)6-7-20-9-13(15)17-12-8-10(16)4-5-11(12)14(18)19-3/h4-5,8,13,17H,6-7,9H2,1-3H3. The lowest BCUT2D eigenvalue weighted by Gasteiger charge is -2.39. The molecule has 0 radical (unpaired) electrons. The van der Waals surface area contributed by atoms with Gasteiger partial charge in [-0.2, -0.15) is 11.8 Å². The molecular weight excluding hydrogens is 277 g/mol. The summed E-state index contributed by atoms with van der Waals surface area (Å²) in [5.41, 5.74) is 1.00. The Morgan fingerprint density at radius 3 is 2.90 bits per heavy atom. The van der Waals surface area contributed by atoms with Crippen LogP contribution in [0.25, 0.3) is 0 Å². The van der Waals surface area contributed by atoms with Gasteiger partial charge in [-0.05, 0) is 35.8 Å². The topological polar surface area (TPSA) is 38.3 Å². The van der Waals surface area contributed by atoms with Gasteiger partial charge in [0.1, 0.15) is 5.82 Å². The molecule has 1 saturated heterocycles. The summed E-state index contributed by atoms with van der Waals surface area (Å²) >= 11 is 1.88. The smallest absolute Gasteiger partial charge is 0.339 e. The van der Waals surface area contributed by atoms with Crippen molar-refractivity contribution in [1.82, 2.24) is 0 Å². The van der Waals surface area contributed by atoms with Gasteiger partial charge in [-0.25, -0.2) is 9.18 Å². The summed E-state index contributed by atoms with van der Waals surface area (Å²) in [4.78, 5) is 11.8. The van der Waals surface area contributed by atoms with Crippen LogP contribution in [-0.4, -0.2) is 30.6 Å². The highest BCUT2D eigenvalue weighted by molar-refractivity contribution is 7.99. The first-order valence-corrected chi connectivity index (χ1v) is 7.81. The number of nitrogens with one attached hydrogen (secondary N) is 1. The van der Waals surface area contributed by atoms with Crippen molar-refractivity contribution in [3.63, 3.8) is 0 Å². The van der Waals surface area contributed by atoms with Gasteiger partial charge in [-0.3, -0.25) is 0 Å². The predicted octanol–water partition coefficient (Wildman–Crippen LogP) is 3.56. The molecule has 1 fully saturated rings. The minimum absolute atomic E-state index is 0.116. The van der Waals surface area contributed by atoms with Gasteiger partial charge >= 0.3 is 5.97 Å². The van der Waals surface area contributed by atoms with E-state index in [0.717, 1.165) is 17.9 Å². The Morgan fingerprint density at radius 2 is 2.25 bits per heavy atom. The third-order valence-corrected chi connectivity index (χ3v) is 4.90. The van der Waals surface area contributed by atoms with Crippen molar-refractivity contribution in [1.29, 1.82) is 0 Å². The van der Waals surface area contributed by atoms with Crippen LogP contribution in [0.1, 0.15) is 30.6 Å². The lowest BCUT2D eigenvalue weighted by atomic mass is 9.82. The van der Waals surface area contributed by atoms with Gasteiger partial charge in [0.2, 0.25) is 0 Å². The molecule has 1 aliphatic heterocycles. The zero-order chi connectivity index (χ0) is 14.8. The van der Waals surface area contributed by atoms with E-state index in [9.17, 15) is 9.18 Å². The molecule has 0 bridgehead atoms. The zero-order valence-corrected chi connectivity index (χ0v) is 12.8. The molecule has 5 heteroatoms. The molecule has 0 aromatic heterocycles. The molecule has 0 amide bonds. The lowest BCUT2D eigenvalue weighted by Crippen LogP contribution is -2.42. The van der Waals surface area contributed by atoms with Crippen LogP contribution in [-0.2, 0) is 4.74 Å². The number of halogens is 1. The van der Waals surface area contributed by atoms with Crippen LogP contribution in [0.2, 0.25) is 0 Å². The Morgan fingerprint density at radius 1 is 1.50 bits per heavy atom. The van der Waals surface area contributed by atoms with Crippen LogP contribution in [0.3, 0.4) is 0 Å². The summed E-state index contributed by atoms with van der Waals surface area (Å²) in [7, 11) is 1.33. The van der Waals surface area contributed by atoms with Crippen molar-refractivity contribution in [2.45, 2.75) is 26.3 Å². The second kappa shape index (κ2) is 6.04. The van der Waals surface area contributed by atoms with E-state index in [2.05, 4.69) is 19.2 Å². The Bertz CT molecular complexity index is 505. The monoisotopic (exact) mass is 297 g/mol. The van der Waals surface area contributed by atoms with E-state index in [1.165, 1.54) is 25.3 Å². The number of thioether (sulfide) groups is 1. The Balaban J connectivity index is 2.27. The van der Waals surface area contributed by atoms with Crippen LogP contribution in [0, 0.1) is 11.2 Å². The van der Waals surface area contributed by atoms with Crippen molar-refractivity contribution < 1.29 is 13.9 Å². The van der Waals surface area contributed by atoms with Crippen LogP contribution < -0.4 is 5.32 Å². The average Bonchev–Trinajstić information content (AvgIpc) is 2.40. The lowest BCUT2D eigenvalue weighted by molar-refractivity contribution is 0.0601. The summed E-state index contributed by atoms with van der Waals surface area (Å²) in [6.45, 7) is 4.39. The van der Waals surface area contributed by atoms with E-state index in [-0.39, 0.29) is 17.3 Å². The van der Waals surface area contributed by atoms with Crippen LogP contribution in [0.4, 0.5) is 10.1 Å². The van der Waals surface area contributed by atoms with Gasteiger partial charge in [0, 0.05) is 11.8 Å². The summed E-state index contributed by atoms with van der Waals surface area (Å²) in [5, 5.41) is 3.33. The number of carbonyl (C=O) groups excluding carboxylic acids is 1. The Kier molecular flexibility index (Phi) is 4.58. The molecule has 110 valence electrons. The van der Waals surface area contributed by atoms with Crippen LogP contribution in [0.5, 0.6) is 0 Å². The maximum Gasteiger partial charge on any atom is 0.339 e. The predicted molar refractivity (Wildman–Crippen MR) is 80.9 cm³/mol. The van der Waals surface area contributed by atoms with E-state index < -0.39 is 5.97 Å². The molecule has 20 heavy (non-hydrogen) atoms.